The van der Waals surface area contributed by atoms with Gasteiger partial charge in [0.25, 0.3) is 5.91 Å². The van der Waals surface area contributed by atoms with Crippen LogP contribution in [0.15, 0.2) is 47.4 Å². The van der Waals surface area contributed by atoms with Crippen molar-refractivity contribution in [3.8, 4) is 5.75 Å². The molecule has 7 nitrogen and oxygen atoms in total. The number of anilines is 1. The van der Waals surface area contributed by atoms with Gasteiger partial charge >= 0.3 is 0 Å². The predicted molar refractivity (Wildman–Crippen MR) is 132 cm³/mol. The molecule has 0 saturated carbocycles. The molecule has 2 aromatic carbocycles. The maximum absolute atomic E-state index is 13.5. The van der Waals surface area contributed by atoms with Gasteiger partial charge in [-0.3, -0.25) is 9.69 Å². The summed E-state index contributed by atoms with van der Waals surface area (Å²) in [5, 5.41) is 0.557. The molecular formula is C22H28ClN3O4S2. The summed E-state index contributed by atoms with van der Waals surface area (Å²) in [6.45, 7) is 7.01. The summed E-state index contributed by atoms with van der Waals surface area (Å²) in [7, 11) is -1.83. The molecule has 174 valence electrons. The molecule has 1 heterocycles. The van der Waals surface area contributed by atoms with Gasteiger partial charge in [-0.1, -0.05) is 37.3 Å². The zero-order chi connectivity index (χ0) is 22.6. The van der Waals surface area contributed by atoms with E-state index < -0.39 is 9.84 Å². The van der Waals surface area contributed by atoms with Crippen molar-refractivity contribution in [2.75, 3.05) is 44.4 Å². The molecule has 3 rings (SSSR count). The van der Waals surface area contributed by atoms with Crippen molar-refractivity contribution in [3.63, 3.8) is 0 Å². The lowest BCUT2D eigenvalue weighted by molar-refractivity contribution is 0.0983. The fourth-order valence-corrected chi connectivity index (χ4v) is 4.95. The Balaban J connectivity index is 0.00000363. The van der Waals surface area contributed by atoms with Crippen LogP contribution in [-0.4, -0.2) is 63.8 Å². The summed E-state index contributed by atoms with van der Waals surface area (Å²) in [6.07, 6.45) is 1.13. The number of ether oxygens (including phenoxy) is 1. The van der Waals surface area contributed by atoms with Gasteiger partial charge in [0.15, 0.2) is 15.0 Å². The first-order valence-electron chi connectivity index (χ1n) is 10.1. The van der Waals surface area contributed by atoms with Crippen LogP contribution in [0.2, 0.25) is 0 Å². The number of carbonyl (C=O) groups is 1. The molecule has 32 heavy (non-hydrogen) atoms. The zero-order valence-corrected chi connectivity index (χ0v) is 21.0. The van der Waals surface area contributed by atoms with Crippen molar-refractivity contribution < 1.29 is 17.9 Å². The largest absolute Gasteiger partial charge is 0.494 e. The van der Waals surface area contributed by atoms with Gasteiger partial charge < -0.3 is 9.64 Å². The van der Waals surface area contributed by atoms with E-state index in [2.05, 4.69) is 18.7 Å². The second-order valence-electron chi connectivity index (χ2n) is 7.09. The van der Waals surface area contributed by atoms with E-state index in [4.69, 9.17) is 9.72 Å². The number of likely N-dealkylation sites (N-methyl/N-ethyl adjacent to an activating group) is 1. The second-order valence-corrected chi connectivity index (χ2v) is 10.1. The van der Waals surface area contributed by atoms with E-state index in [1.54, 1.807) is 24.1 Å². The van der Waals surface area contributed by atoms with Gasteiger partial charge in [0.05, 0.1) is 16.7 Å². The van der Waals surface area contributed by atoms with Crippen LogP contribution in [0.3, 0.4) is 0 Å². The topological polar surface area (TPSA) is 79.8 Å². The Morgan fingerprint density at radius 1 is 1.09 bits per heavy atom. The molecule has 0 aliphatic rings. The minimum absolute atomic E-state index is 0. The number of fused-ring (bicyclic) bond motifs is 1. The van der Waals surface area contributed by atoms with Crippen LogP contribution in [0.5, 0.6) is 5.75 Å². The van der Waals surface area contributed by atoms with Gasteiger partial charge in [0.2, 0.25) is 0 Å². The summed E-state index contributed by atoms with van der Waals surface area (Å²) in [5.41, 5.74) is 1.02. The molecule has 10 heteroatoms. The highest BCUT2D eigenvalue weighted by molar-refractivity contribution is 7.90. The molecule has 3 aromatic rings. The lowest BCUT2D eigenvalue weighted by Gasteiger charge is -2.24. The number of benzene rings is 2. The van der Waals surface area contributed by atoms with E-state index in [0.717, 1.165) is 24.0 Å². The first-order valence-corrected chi connectivity index (χ1v) is 12.8. The molecule has 0 spiro atoms. The van der Waals surface area contributed by atoms with E-state index >= 15 is 0 Å². The maximum Gasteiger partial charge on any atom is 0.260 e. The van der Waals surface area contributed by atoms with Crippen LogP contribution in [0.4, 0.5) is 5.13 Å². The lowest BCUT2D eigenvalue weighted by atomic mass is 10.2. The first-order chi connectivity index (χ1) is 14.8. The molecule has 1 amide bonds. The summed E-state index contributed by atoms with van der Waals surface area (Å²) < 4.78 is 30.3. The van der Waals surface area contributed by atoms with Gasteiger partial charge in [0, 0.05) is 24.9 Å². The number of nitrogens with zero attached hydrogens (tertiary/aromatic N) is 3. The number of halogens is 1. The summed E-state index contributed by atoms with van der Waals surface area (Å²) in [5.74, 6) is 0.367. The van der Waals surface area contributed by atoms with Gasteiger partial charge in [-0.2, -0.15) is 0 Å². The SMILES string of the molecule is CCN(CC)CCN(C(=O)c1cccc(S(C)(=O)=O)c1)c1nc2c(OC)cccc2s1.Cl. The standard InChI is InChI=1S/C22H27N3O4S2.ClH/c1-5-24(6-2)13-14-25(21(26)16-9-7-10-17(15-16)31(4,27)28)22-23-20-18(29-3)11-8-12-19(20)30-22;/h7-12,15H,5-6,13-14H2,1-4H3;1H. The Morgan fingerprint density at radius 3 is 2.41 bits per heavy atom. The number of amides is 1. The van der Waals surface area contributed by atoms with Crippen molar-refractivity contribution in [1.82, 2.24) is 9.88 Å². The molecule has 0 fully saturated rings. The predicted octanol–water partition coefficient (Wildman–Crippen LogP) is 4.12. The third-order valence-corrected chi connectivity index (χ3v) is 7.26. The number of aromatic nitrogens is 1. The molecule has 0 radical (unpaired) electrons. The first kappa shape index (κ1) is 26.1. The molecular weight excluding hydrogens is 470 g/mol. The summed E-state index contributed by atoms with van der Waals surface area (Å²) in [4.78, 5) is 22.2. The minimum atomic E-state index is -3.42. The molecule has 0 bridgehead atoms. The molecule has 0 unspecified atom stereocenters. The molecule has 0 aliphatic heterocycles. The molecule has 0 atom stereocenters. The van der Waals surface area contributed by atoms with Gasteiger partial charge in [0.1, 0.15) is 11.3 Å². The fourth-order valence-electron chi connectivity index (χ4n) is 3.27. The summed E-state index contributed by atoms with van der Waals surface area (Å²) in [6, 6.07) is 11.8. The van der Waals surface area contributed by atoms with Gasteiger partial charge in [-0.05, 0) is 43.4 Å². The average Bonchev–Trinajstić information content (AvgIpc) is 3.20. The van der Waals surface area contributed by atoms with Crippen molar-refractivity contribution in [3.05, 3.63) is 48.0 Å². The average molecular weight is 498 g/mol. The van der Waals surface area contributed by atoms with E-state index in [0.29, 0.717) is 35.1 Å². The Bertz CT molecular complexity index is 1180. The van der Waals surface area contributed by atoms with Gasteiger partial charge in [-0.15, -0.1) is 12.4 Å². The highest BCUT2D eigenvalue weighted by Crippen LogP contribution is 2.34. The number of hydrogen-bond acceptors (Lipinski definition) is 7. The van der Waals surface area contributed by atoms with Crippen LogP contribution in [-0.2, 0) is 9.84 Å². The van der Waals surface area contributed by atoms with Crippen LogP contribution in [0.25, 0.3) is 10.2 Å². The third-order valence-electron chi connectivity index (χ3n) is 5.11. The summed E-state index contributed by atoms with van der Waals surface area (Å²) >= 11 is 1.41. The highest BCUT2D eigenvalue weighted by Gasteiger charge is 2.23. The molecule has 1 aromatic heterocycles. The molecule has 0 N–H and O–H groups in total. The third kappa shape index (κ3) is 5.78. The van der Waals surface area contributed by atoms with Crippen molar-refractivity contribution in [2.24, 2.45) is 0 Å². The van der Waals surface area contributed by atoms with Crippen molar-refractivity contribution in [1.29, 1.82) is 0 Å². The number of thiazole rings is 1. The van der Waals surface area contributed by atoms with Crippen LogP contribution < -0.4 is 9.64 Å². The zero-order valence-electron chi connectivity index (χ0n) is 18.6. The second kappa shape index (κ2) is 11.1. The quantitative estimate of drug-likeness (QED) is 0.442. The number of hydrogen-bond donors (Lipinski definition) is 0. The lowest BCUT2D eigenvalue weighted by Crippen LogP contribution is -2.38. The number of sulfone groups is 1. The number of methoxy groups -OCH3 is 1. The van der Waals surface area contributed by atoms with Gasteiger partial charge in [-0.25, -0.2) is 13.4 Å². The number of para-hydroxylation sites is 1. The van der Waals surface area contributed by atoms with E-state index in [1.807, 2.05) is 18.2 Å². The Kier molecular flexibility index (Phi) is 9.03. The van der Waals surface area contributed by atoms with E-state index in [9.17, 15) is 13.2 Å². The Hall–Kier alpha value is -2.20. The van der Waals surface area contributed by atoms with E-state index in [1.165, 1.54) is 23.5 Å². The molecule has 0 aliphatic carbocycles. The smallest absolute Gasteiger partial charge is 0.260 e. The highest BCUT2D eigenvalue weighted by atomic mass is 35.5. The van der Waals surface area contributed by atoms with Crippen LogP contribution >= 0.6 is 23.7 Å². The number of rotatable bonds is 9. The van der Waals surface area contributed by atoms with E-state index in [-0.39, 0.29) is 23.2 Å². The minimum Gasteiger partial charge on any atom is -0.494 e. The van der Waals surface area contributed by atoms with Crippen molar-refractivity contribution >= 4 is 54.8 Å². The van der Waals surface area contributed by atoms with Crippen LogP contribution in [0.1, 0.15) is 24.2 Å². The van der Waals surface area contributed by atoms with Crippen molar-refractivity contribution in [2.45, 2.75) is 18.7 Å². The van der Waals surface area contributed by atoms with Crippen LogP contribution in [0, 0.1) is 0 Å². The monoisotopic (exact) mass is 497 g/mol. The maximum atomic E-state index is 13.5. The Labute approximate surface area is 199 Å². The Morgan fingerprint density at radius 2 is 1.78 bits per heavy atom. The normalized spacial score (nSPS) is 11.4. The fraction of sp³-hybridized carbons (Fsp3) is 0.364. The molecule has 0 saturated heterocycles. The number of carbonyl (C=O) groups excluding carboxylic acids is 1.